The maximum absolute atomic E-state index is 12.3. The van der Waals surface area contributed by atoms with Gasteiger partial charge in [-0.2, -0.15) is 10.2 Å². The van der Waals surface area contributed by atoms with Crippen LogP contribution in [-0.2, 0) is 16.1 Å². The molecule has 1 fully saturated rings. The van der Waals surface area contributed by atoms with Crippen LogP contribution in [0.1, 0.15) is 29.9 Å². The van der Waals surface area contributed by atoms with Crippen LogP contribution in [0.5, 0.6) is 0 Å². The molecule has 1 saturated heterocycles. The van der Waals surface area contributed by atoms with Gasteiger partial charge in [-0.05, 0) is 26.8 Å². The highest BCUT2D eigenvalue weighted by molar-refractivity contribution is 5.88. The first kappa shape index (κ1) is 19.3. The van der Waals surface area contributed by atoms with Gasteiger partial charge < -0.3 is 9.64 Å². The van der Waals surface area contributed by atoms with Gasteiger partial charge in [0.25, 0.3) is 5.91 Å². The fourth-order valence-electron chi connectivity index (χ4n) is 3.56. The number of benzene rings is 1. The fourth-order valence-corrected chi connectivity index (χ4v) is 3.56. The summed E-state index contributed by atoms with van der Waals surface area (Å²) in [5, 5.41) is 8.75. The maximum Gasteiger partial charge on any atom is 0.261 e. The number of ether oxygens (including phenoxy) is 1. The Balaban J connectivity index is 1.71. The van der Waals surface area contributed by atoms with Crippen molar-refractivity contribution in [1.82, 2.24) is 15.2 Å². The highest BCUT2D eigenvalue weighted by Crippen LogP contribution is 2.12. The van der Waals surface area contributed by atoms with Gasteiger partial charge in [0.1, 0.15) is 19.6 Å². The molecule has 0 aliphatic carbocycles. The van der Waals surface area contributed by atoms with E-state index in [0.29, 0.717) is 0 Å². The van der Waals surface area contributed by atoms with E-state index in [9.17, 15) is 4.79 Å². The van der Waals surface area contributed by atoms with Crippen LogP contribution in [0.25, 0.3) is 0 Å². The van der Waals surface area contributed by atoms with E-state index in [1.54, 1.807) is 4.68 Å². The van der Waals surface area contributed by atoms with E-state index in [4.69, 9.17) is 4.74 Å². The van der Waals surface area contributed by atoms with E-state index in [2.05, 4.69) is 27.8 Å². The Hall–Kier alpha value is -2.51. The largest absolute Gasteiger partial charge is 0.370 e. The van der Waals surface area contributed by atoms with Crippen molar-refractivity contribution in [3.63, 3.8) is 0 Å². The molecule has 2 N–H and O–H groups in total. The van der Waals surface area contributed by atoms with Gasteiger partial charge in [-0.1, -0.05) is 30.3 Å². The zero-order valence-electron chi connectivity index (χ0n) is 16.2. The predicted molar refractivity (Wildman–Crippen MR) is 104 cm³/mol. The highest BCUT2D eigenvalue weighted by atomic mass is 16.5. The number of amides is 1. The van der Waals surface area contributed by atoms with Crippen molar-refractivity contribution in [2.45, 2.75) is 33.4 Å². The third-order valence-corrected chi connectivity index (χ3v) is 4.85. The summed E-state index contributed by atoms with van der Waals surface area (Å²) in [7, 11) is 0. The maximum atomic E-state index is 12.3. The van der Waals surface area contributed by atoms with Gasteiger partial charge in [-0.15, -0.1) is 0 Å². The molecule has 144 valence electrons. The van der Waals surface area contributed by atoms with Crippen molar-refractivity contribution in [3.8, 4) is 0 Å². The second kappa shape index (κ2) is 8.92. The van der Waals surface area contributed by atoms with Crippen molar-refractivity contribution in [2.24, 2.45) is 5.10 Å². The van der Waals surface area contributed by atoms with Crippen LogP contribution in [0.2, 0.25) is 0 Å². The minimum Gasteiger partial charge on any atom is -0.370 e. The molecule has 1 aromatic heterocycles. The Morgan fingerprint density at radius 3 is 2.63 bits per heavy atom. The summed E-state index contributed by atoms with van der Waals surface area (Å²) >= 11 is 0. The van der Waals surface area contributed by atoms with E-state index in [-0.39, 0.29) is 18.5 Å². The topological polar surface area (TPSA) is 73.0 Å². The van der Waals surface area contributed by atoms with E-state index < -0.39 is 0 Å². The van der Waals surface area contributed by atoms with Crippen LogP contribution in [0.4, 0.5) is 0 Å². The Morgan fingerprint density at radius 1 is 1.30 bits per heavy atom. The lowest BCUT2D eigenvalue weighted by molar-refractivity contribution is -0.928. The number of carbonyl (C=O) groups is 1. The molecule has 1 aromatic carbocycles. The molecule has 1 aliphatic heterocycles. The molecule has 1 aliphatic rings. The molecule has 0 spiro atoms. The second-order valence-electron chi connectivity index (χ2n) is 6.99. The number of aromatic nitrogens is 2. The summed E-state index contributed by atoms with van der Waals surface area (Å²) in [6.07, 6.45) is 0. The lowest BCUT2D eigenvalue weighted by Crippen LogP contribution is -3.15. The molecule has 1 amide bonds. The molecule has 1 atom stereocenters. The van der Waals surface area contributed by atoms with Gasteiger partial charge in [-0.3, -0.25) is 9.48 Å². The zero-order chi connectivity index (χ0) is 19.2. The Kier molecular flexibility index (Phi) is 6.36. The number of nitrogens with one attached hydrogen (secondary N) is 2. The van der Waals surface area contributed by atoms with Gasteiger partial charge in [-0.25, -0.2) is 5.43 Å². The number of hydrazone groups is 1. The molecular formula is C20H28N5O2+. The number of hydrogen-bond donors (Lipinski definition) is 2. The molecule has 0 radical (unpaired) electrons. The third-order valence-electron chi connectivity index (χ3n) is 4.85. The standard InChI is InChI=1S/C20H27N5O2/c1-15-13-16(2)25(23-15)14-19(26)22-21-17(3)20(18-7-5-4-6-8-18)24-9-11-27-12-10-24/h4-8,13,20H,9-12,14H2,1-3H3,(H,22,26)/p+1/b21-17-/t20-/m0/s1. The minimum absolute atomic E-state index is 0.101. The smallest absolute Gasteiger partial charge is 0.261 e. The van der Waals surface area contributed by atoms with Crippen LogP contribution in [-0.4, -0.2) is 47.7 Å². The summed E-state index contributed by atoms with van der Waals surface area (Å²) in [4.78, 5) is 13.7. The number of aryl methyl sites for hydroxylation is 2. The van der Waals surface area contributed by atoms with E-state index in [1.165, 1.54) is 10.5 Å². The van der Waals surface area contributed by atoms with Crippen LogP contribution in [0, 0.1) is 13.8 Å². The number of quaternary nitrogens is 1. The van der Waals surface area contributed by atoms with Crippen molar-refractivity contribution in [2.75, 3.05) is 26.3 Å². The van der Waals surface area contributed by atoms with Crippen LogP contribution in [0.15, 0.2) is 41.5 Å². The summed E-state index contributed by atoms with van der Waals surface area (Å²) in [6, 6.07) is 12.4. The summed E-state index contributed by atoms with van der Waals surface area (Å²) in [6.45, 7) is 9.33. The van der Waals surface area contributed by atoms with Crippen LogP contribution >= 0.6 is 0 Å². The lowest BCUT2D eigenvalue weighted by Gasteiger charge is -2.31. The number of hydrogen-bond acceptors (Lipinski definition) is 4. The number of rotatable bonds is 6. The third kappa shape index (κ3) is 5.02. The summed E-state index contributed by atoms with van der Waals surface area (Å²) in [5.74, 6) is -0.177. The van der Waals surface area contributed by atoms with Gasteiger partial charge in [0.15, 0.2) is 6.04 Å². The Labute approximate surface area is 160 Å². The van der Waals surface area contributed by atoms with Gasteiger partial charge in [0.05, 0.1) is 24.6 Å². The van der Waals surface area contributed by atoms with Gasteiger partial charge in [0.2, 0.25) is 0 Å². The summed E-state index contributed by atoms with van der Waals surface area (Å²) in [5.41, 5.74) is 6.65. The molecule has 0 saturated carbocycles. The lowest BCUT2D eigenvalue weighted by atomic mass is 10.0. The van der Waals surface area contributed by atoms with Crippen molar-refractivity contribution in [3.05, 3.63) is 53.3 Å². The molecule has 0 unspecified atom stereocenters. The monoisotopic (exact) mass is 370 g/mol. The SMILES string of the molecule is C/C(=N/NC(=O)Cn1nc(C)cc1C)[C@@H](c1ccccc1)[NH+]1CCOCC1. The number of nitrogens with zero attached hydrogens (tertiary/aromatic N) is 3. The van der Waals surface area contributed by atoms with E-state index in [1.807, 2.05) is 45.0 Å². The molecule has 2 heterocycles. The number of morpholine rings is 1. The van der Waals surface area contributed by atoms with Gasteiger partial charge in [0, 0.05) is 11.3 Å². The average Bonchev–Trinajstić information content (AvgIpc) is 2.99. The first-order valence-corrected chi connectivity index (χ1v) is 9.36. The van der Waals surface area contributed by atoms with Crippen LogP contribution in [0.3, 0.4) is 0 Å². The first-order chi connectivity index (χ1) is 13.0. The Morgan fingerprint density at radius 2 is 2.00 bits per heavy atom. The normalized spacial score (nSPS) is 16.9. The minimum atomic E-state index is -0.177. The average molecular weight is 370 g/mol. The molecule has 7 nitrogen and oxygen atoms in total. The molecular weight excluding hydrogens is 342 g/mol. The Bertz CT molecular complexity index is 794. The highest BCUT2D eigenvalue weighted by Gasteiger charge is 2.29. The second-order valence-corrected chi connectivity index (χ2v) is 6.99. The molecule has 3 rings (SSSR count). The van der Waals surface area contributed by atoms with Crippen molar-refractivity contribution >= 4 is 11.6 Å². The van der Waals surface area contributed by atoms with E-state index in [0.717, 1.165) is 43.4 Å². The fraction of sp³-hybridized carbons (Fsp3) is 0.450. The first-order valence-electron chi connectivity index (χ1n) is 9.36. The molecule has 27 heavy (non-hydrogen) atoms. The van der Waals surface area contributed by atoms with E-state index >= 15 is 0 Å². The number of carbonyl (C=O) groups excluding carboxylic acids is 1. The molecule has 7 heteroatoms. The predicted octanol–water partition coefficient (Wildman–Crippen LogP) is 0.648. The zero-order valence-corrected chi connectivity index (χ0v) is 16.2. The summed E-state index contributed by atoms with van der Waals surface area (Å²) < 4.78 is 7.19. The quantitative estimate of drug-likeness (QED) is 0.579. The van der Waals surface area contributed by atoms with Gasteiger partial charge >= 0.3 is 0 Å². The van der Waals surface area contributed by atoms with Crippen LogP contribution < -0.4 is 10.3 Å². The molecule has 0 bridgehead atoms. The van der Waals surface area contributed by atoms with Crippen molar-refractivity contribution in [1.29, 1.82) is 0 Å². The van der Waals surface area contributed by atoms with Crippen molar-refractivity contribution < 1.29 is 14.4 Å². The molecule has 2 aromatic rings.